The molecule has 9 heteroatoms. The first-order chi connectivity index (χ1) is 13.4. The van der Waals surface area contributed by atoms with Crippen LogP contribution in [0.5, 0.6) is 0 Å². The average Bonchev–Trinajstić information content (AvgIpc) is 3.11. The van der Waals surface area contributed by atoms with Crippen molar-refractivity contribution in [3.8, 4) is 0 Å². The molecule has 1 aromatic carbocycles. The molecule has 2 aromatic heterocycles. The maximum absolute atomic E-state index is 12.9. The van der Waals surface area contributed by atoms with Gasteiger partial charge in [0.1, 0.15) is 11.2 Å². The van der Waals surface area contributed by atoms with Gasteiger partial charge in [-0.15, -0.1) is 24.0 Å². The quantitative estimate of drug-likeness (QED) is 0.530. The smallest absolute Gasteiger partial charge is 0.319 e. The molecule has 0 bridgehead atoms. The topological polar surface area (TPSA) is 65.1 Å². The van der Waals surface area contributed by atoms with Crippen LogP contribution in [-0.4, -0.2) is 43.2 Å². The molecule has 0 saturated heterocycles. The SMILES string of the molecule is CCN(CC)CCn1c(C(Cl)c2ccccc2)nc2c1c(=O)n(C)c(=O)n2C.Cl. The maximum atomic E-state index is 12.9. The van der Waals surface area contributed by atoms with Crippen molar-refractivity contribution in [1.82, 2.24) is 23.6 Å². The van der Waals surface area contributed by atoms with E-state index in [-0.39, 0.29) is 18.0 Å². The molecule has 1 atom stereocenters. The molecule has 0 saturated carbocycles. The molecule has 0 aliphatic rings. The molecule has 1 unspecified atom stereocenters. The summed E-state index contributed by atoms with van der Waals surface area (Å²) in [4.78, 5) is 32.2. The minimum atomic E-state index is -0.523. The molecule has 0 amide bonds. The van der Waals surface area contributed by atoms with Crippen molar-refractivity contribution in [2.24, 2.45) is 14.1 Å². The van der Waals surface area contributed by atoms with Gasteiger partial charge in [-0.3, -0.25) is 13.9 Å². The van der Waals surface area contributed by atoms with Crippen molar-refractivity contribution >= 4 is 35.2 Å². The van der Waals surface area contributed by atoms with Crippen LogP contribution in [0.3, 0.4) is 0 Å². The van der Waals surface area contributed by atoms with E-state index in [1.165, 1.54) is 11.6 Å². The van der Waals surface area contributed by atoms with E-state index < -0.39 is 11.1 Å². The zero-order valence-corrected chi connectivity index (χ0v) is 18.7. The number of imidazole rings is 1. The van der Waals surface area contributed by atoms with Gasteiger partial charge in [0.15, 0.2) is 11.2 Å². The molecular formula is C20H27Cl2N5O2. The van der Waals surface area contributed by atoms with Crippen LogP contribution in [0, 0.1) is 0 Å². The fraction of sp³-hybridized carbons (Fsp3) is 0.450. The number of fused-ring (bicyclic) bond motifs is 1. The Balaban J connectivity index is 0.00000300. The van der Waals surface area contributed by atoms with Crippen molar-refractivity contribution in [1.29, 1.82) is 0 Å². The number of alkyl halides is 1. The predicted octanol–water partition coefficient (Wildman–Crippen LogP) is 2.53. The van der Waals surface area contributed by atoms with Gasteiger partial charge < -0.3 is 9.47 Å². The number of rotatable bonds is 7. The van der Waals surface area contributed by atoms with Crippen LogP contribution >= 0.6 is 24.0 Å². The molecule has 2 heterocycles. The van der Waals surface area contributed by atoms with Crippen molar-refractivity contribution < 1.29 is 0 Å². The number of benzene rings is 1. The summed E-state index contributed by atoms with van der Waals surface area (Å²) in [6.07, 6.45) is 0. The lowest BCUT2D eigenvalue weighted by molar-refractivity contribution is 0.290. The minimum Gasteiger partial charge on any atom is -0.319 e. The molecule has 3 rings (SSSR count). The number of hydrogen-bond acceptors (Lipinski definition) is 4. The summed E-state index contributed by atoms with van der Waals surface area (Å²) in [6, 6.07) is 9.63. The van der Waals surface area contributed by atoms with Gasteiger partial charge in [-0.25, -0.2) is 9.78 Å². The van der Waals surface area contributed by atoms with Gasteiger partial charge in [-0.1, -0.05) is 44.2 Å². The van der Waals surface area contributed by atoms with Crippen LogP contribution in [0.15, 0.2) is 39.9 Å². The number of hydrogen-bond donors (Lipinski definition) is 0. The number of aryl methyl sites for hydroxylation is 1. The van der Waals surface area contributed by atoms with E-state index in [0.717, 1.165) is 29.8 Å². The Labute approximate surface area is 180 Å². The van der Waals surface area contributed by atoms with Crippen molar-refractivity contribution in [3.05, 3.63) is 62.6 Å². The van der Waals surface area contributed by atoms with E-state index in [9.17, 15) is 9.59 Å². The summed E-state index contributed by atoms with van der Waals surface area (Å²) in [7, 11) is 3.11. The molecule has 29 heavy (non-hydrogen) atoms. The minimum absolute atomic E-state index is 0. The van der Waals surface area contributed by atoms with Gasteiger partial charge in [0.05, 0.1) is 0 Å². The number of halogens is 2. The van der Waals surface area contributed by atoms with Gasteiger partial charge in [0, 0.05) is 27.2 Å². The van der Waals surface area contributed by atoms with E-state index in [1.54, 1.807) is 7.05 Å². The summed E-state index contributed by atoms with van der Waals surface area (Å²) in [5, 5.41) is -0.523. The summed E-state index contributed by atoms with van der Waals surface area (Å²) in [5.74, 6) is 0.577. The lowest BCUT2D eigenvalue weighted by Crippen LogP contribution is -2.38. The summed E-state index contributed by atoms with van der Waals surface area (Å²) in [6.45, 7) is 7.36. The van der Waals surface area contributed by atoms with Crippen LogP contribution in [0.4, 0.5) is 0 Å². The van der Waals surface area contributed by atoms with Crippen LogP contribution in [0.25, 0.3) is 11.2 Å². The van der Waals surface area contributed by atoms with Crippen LogP contribution in [0.1, 0.15) is 30.6 Å². The van der Waals surface area contributed by atoms with Crippen molar-refractivity contribution in [2.75, 3.05) is 19.6 Å². The van der Waals surface area contributed by atoms with Crippen LogP contribution in [0.2, 0.25) is 0 Å². The van der Waals surface area contributed by atoms with Gasteiger partial charge >= 0.3 is 5.69 Å². The third kappa shape index (κ3) is 4.27. The predicted molar refractivity (Wildman–Crippen MR) is 119 cm³/mol. The second kappa shape index (κ2) is 9.61. The number of aromatic nitrogens is 4. The van der Waals surface area contributed by atoms with Crippen molar-refractivity contribution in [2.45, 2.75) is 25.8 Å². The highest BCUT2D eigenvalue weighted by molar-refractivity contribution is 6.22. The fourth-order valence-electron chi connectivity index (χ4n) is 3.44. The molecule has 0 spiro atoms. The molecule has 0 fully saturated rings. The fourth-order valence-corrected chi connectivity index (χ4v) is 3.75. The van der Waals surface area contributed by atoms with E-state index in [1.807, 2.05) is 34.9 Å². The molecule has 7 nitrogen and oxygen atoms in total. The zero-order valence-electron chi connectivity index (χ0n) is 17.1. The largest absolute Gasteiger partial charge is 0.332 e. The normalized spacial score (nSPS) is 12.3. The molecule has 0 N–H and O–H groups in total. The molecule has 3 aromatic rings. The first kappa shape index (κ1) is 23.2. The highest BCUT2D eigenvalue weighted by Crippen LogP contribution is 2.29. The molecule has 158 valence electrons. The van der Waals surface area contributed by atoms with Gasteiger partial charge in [0.25, 0.3) is 5.56 Å². The Kier molecular flexibility index (Phi) is 7.68. The molecule has 0 aliphatic heterocycles. The second-order valence-corrected chi connectivity index (χ2v) is 7.24. The van der Waals surface area contributed by atoms with Crippen LogP contribution < -0.4 is 11.2 Å². The third-order valence-electron chi connectivity index (χ3n) is 5.23. The lowest BCUT2D eigenvalue weighted by Gasteiger charge is -2.20. The lowest BCUT2D eigenvalue weighted by atomic mass is 10.1. The summed E-state index contributed by atoms with van der Waals surface area (Å²) < 4.78 is 4.40. The Hall–Kier alpha value is -2.09. The van der Waals surface area contributed by atoms with Crippen molar-refractivity contribution in [3.63, 3.8) is 0 Å². The van der Waals surface area contributed by atoms with Gasteiger partial charge in [0.2, 0.25) is 0 Å². The van der Waals surface area contributed by atoms with Crippen LogP contribution in [-0.2, 0) is 20.6 Å². The summed E-state index contributed by atoms with van der Waals surface area (Å²) in [5.41, 5.74) is 0.916. The average molecular weight is 440 g/mol. The Bertz CT molecular complexity index is 1080. The van der Waals surface area contributed by atoms with E-state index in [4.69, 9.17) is 11.6 Å². The third-order valence-corrected chi connectivity index (χ3v) is 5.68. The number of likely N-dealkylation sites (N-methyl/N-ethyl adjacent to an activating group) is 1. The highest BCUT2D eigenvalue weighted by atomic mass is 35.5. The first-order valence-electron chi connectivity index (χ1n) is 9.48. The number of nitrogens with zero attached hydrogens (tertiary/aromatic N) is 5. The maximum Gasteiger partial charge on any atom is 0.332 e. The van der Waals surface area contributed by atoms with Gasteiger partial charge in [-0.2, -0.15) is 0 Å². The Morgan fingerprint density at radius 2 is 1.69 bits per heavy atom. The summed E-state index contributed by atoms with van der Waals surface area (Å²) >= 11 is 6.78. The monoisotopic (exact) mass is 439 g/mol. The highest BCUT2D eigenvalue weighted by Gasteiger charge is 2.24. The first-order valence-corrected chi connectivity index (χ1v) is 9.91. The van der Waals surface area contributed by atoms with E-state index in [0.29, 0.717) is 23.5 Å². The van der Waals surface area contributed by atoms with E-state index >= 15 is 0 Å². The standard InChI is InChI=1S/C20H26ClN5O2.ClH/c1-5-25(6-2)12-13-26-16-18(23(3)20(28)24(4)19(16)27)22-17(26)15(21)14-10-8-7-9-11-14;/h7-11,15H,5-6,12-13H2,1-4H3;1H. The molecule has 0 radical (unpaired) electrons. The van der Waals surface area contributed by atoms with Gasteiger partial charge in [-0.05, 0) is 18.7 Å². The Morgan fingerprint density at radius 1 is 1.07 bits per heavy atom. The Morgan fingerprint density at radius 3 is 2.28 bits per heavy atom. The molecule has 0 aliphatic carbocycles. The van der Waals surface area contributed by atoms with E-state index in [2.05, 4.69) is 23.7 Å². The molecular weight excluding hydrogens is 413 g/mol. The second-order valence-electron chi connectivity index (χ2n) is 6.80. The zero-order chi connectivity index (χ0) is 20.4.